The van der Waals surface area contributed by atoms with Crippen LogP contribution in [0.2, 0.25) is 0 Å². The van der Waals surface area contributed by atoms with Crippen molar-refractivity contribution in [2.24, 2.45) is 5.92 Å². The number of rotatable bonds is 7. The maximum absolute atomic E-state index is 15.9. The van der Waals surface area contributed by atoms with Gasteiger partial charge in [-0.25, -0.2) is 18.2 Å². The number of alkyl halides is 2. The summed E-state index contributed by atoms with van der Waals surface area (Å²) in [5.74, 6) is 0.368. The first-order valence-electron chi connectivity index (χ1n) is 16.4. The van der Waals surface area contributed by atoms with E-state index < -0.39 is 71.4 Å². The monoisotopic (exact) mass is 702 g/mol. The van der Waals surface area contributed by atoms with Gasteiger partial charge in [0.1, 0.15) is 34.8 Å². The predicted molar refractivity (Wildman–Crippen MR) is 180 cm³/mol. The summed E-state index contributed by atoms with van der Waals surface area (Å²) in [4.78, 5) is 32.2. The van der Waals surface area contributed by atoms with Gasteiger partial charge < -0.3 is 25.2 Å². The molecule has 3 heterocycles. The van der Waals surface area contributed by atoms with Crippen molar-refractivity contribution in [2.45, 2.75) is 62.2 Å². The molecule has 2 aromatic heterocycles. The normalized spacial score (nSPS) is 24.3. The molecule has 2 fully saturated rings. The fourth-order valence-electron chi connectivity index (χ4n) is 6.74. The number of carbonyl (C=O) groups is 1. The molecule has 0 bridgehead atoms. The topological polar surface area (TPSA) is 146 Å². The lowest BCUT2D eigenvalue weighted by Gasteiger charge is -2.47. The number of methoxy groups -OCH3 is 1. The Morgan fingerprint density at radius 1 is 1.12 bits per heavy atom. The van der Waals surface area contributed by atoms with E-state index in [9.17, 15) is 19.1 Å². The van der Waals surface area contributed by atoms with Crippen LogP contribution in [0.5, 0.6) is 11.6 Å². The molecular formula is C37H37F3N6O5. The van der Waals surface area contributed by atoms with Gasteiger partial charge in [-0.1, -0.05) is 36.3 Å². The summed E-state index contributed by atoms with van der Waals surface area (Å²) in [5, 5.41) is 19.3. The van der Waals surface area contributed by atoms with Crippen LogP contribution >= 0.6 is 0 Å². The van der Waals surface area contributed by atoms with Crippen LogP contribution in [0.4, 0.5) is 18.9 Å². The SMILES string of the molecule is CO[C@]1(C#Cc2nnccc2C)CC[C@@H](C(=O)N2CC[C@](O)(Cn3cnc(Oc4ccc(F)cc4)c(N)c3=O)C(F)(F)C2)[C@H](c2ccccc2)C1. The van der Waals surface area contributed by atoms with Gasteiger partial charge in [0.05, 0.1) is 13.1 Å². The van der Waals surface area contributed by atoms with Crippen molar-refractivity contribution in [3.8, 4) is 23.5 Å². The van der Waals surface area contributed by atoms with Crippen LogP contribution in [0.1, 0.15) is 48.4 Å². The minimum absolute atomic E-state index is 0.153. The zero-order valence-electron chi connectivity index (χ0n) is 28.1. The van der Waals surface area contributed by atoms with Gasteiger partial charge in [-0.15, -0.1) is 5.10 Å². The van der Waals surface area contributed by atoms with E-state index >= 15 is 8.78 Å². The molecule has 1 saturated heterocycles. The number of benzene rings is 2. The van der Waals surface area contributed by atoms with Gasteiger partial charge in [-0.3, -0.25) is 14.2 Å². The van der Waals surface area contributed by atoms with Crippen molar-refractivity contribution in [2.75, 3.05) is 25.9 Å². The Hall–Kier alpha value is -5.26. The number of aromatic nitrogens is 4. The summed E-state index contributed by atoms with van der Waals surface area (Å²) in [5.41, 5.74) is 3.16. The highest BCUT2D eigenvalue weighted by molar-refractivity contribution is 5.80. The van der Waals surface area contributed by atoms with E-state index in [4.69, 9.17) is 15.2 Å². The van der Waals surface area contributed by atoms with Crippen LogP contribution in [0.15, 0.2) is 78.0 Å². The Morgan fingerprint density at radius 3 is 2.55 bits per heavy atom. The number of nitrogens with two attached hydrogens (primary N) is 1. The molecule has 1 saturated carbocycles. The molecule has 0 radical (unpaired) electrons. The van der Waals surface area contributed by atoms with Crippen LogP contribution in [0, 0.1) is 30.5 Å². The lowest BCUT2D eigenvalue weighted by Crippen LogP contribution is -2.64. The molecule has 2 aromatic carbocycles. The maximum atomic E-state index is 15.9. The number of aryl methyl sites for hydroxylation is 1. The number of amides is 1. The van der Waals surface area contributed by atoms with Crippen LogP contribution in [0.25, 0.3) is 0 Å². The van der Waals surface area contributed by atoms with Crippen LogP contribution < -0.4 is 16.0 Å². The molecule has 1 aliphatic heterocycles. The summed E-state index contributed by atoms with van der Waals surface area (Å²) < 4.78 is 57.3. The third-order valence-electron chi connectivity index (χ3n) is 9.83. The quantitative estimate of drug-likeness (QED) is 0.267. The minimum Gasteiger partial charge on any atom is -0.437 e. The summed E-state index contributed by atoms with van der Waals surface area (Å²) in [6.07, 6.45) is 3.05. The highest BCUT2D eigenvalue weighted by Crippen LogP contribution is 2.46. The Balaban J connectivity index is 1.19. The van der Waals surface area contributed by atoms with Crippen molar-refractivity contribution in [1.82, 2.24) is 24.6 Å². The highest BCUT2D eigenvalue weighted by Gasteiger charge is 2.58. The Morgan fingerprint density at radius 2 is 1.86 bits per heavy atom. The molecule has 0 unspecified atom stereocenters. The van der Waals surface area contributed by atoms with Crippen molar-refractivity contribution in [3.63, 3.8) is 0 Å². The van der Waals surface area contributed by atoms with Gasteiger partial charge in [-0.05, 0) is 79.5 Å². The molecule has 1 aliphatic carbocycles. The van der Waals surface area contributed by atoms with Gasteiger partial charge in [0, 0.05) is 32.2 Å². The Kier molecular flexibility index (Phi) is 9.88. The number of aliphatic hydroxyl groups is 1. The van der Waals surface area contributed by atoms with Crippen molar-refractivity contribution in [1.29, 1.82) is 0 Å². The third kappa shape index (κ3) is 7.31. The Labute approximate surface area is 292 Å². The van der Waals surface area contributed by atoms with Gasteiger partial charge in [0.25, 0.3) is 11.5 Å². The first kappa shape index (κ1) is 35.6. The molecule has 4 atom stereocenters. The van der Waals surface area contributed by atoms with E-state index in [1.54, 1.807) is 13.3 Å². The molecule has 0 spiro atoms. The summed E-state index contributed by atoms with van der Waals surface area (Å²) in [6.45, 7) is -0.174. The average Bonchev–Trinajstić information content (AvgIpc) is 3.13. The van der Waals surface area contributed by atoms with E-state index in [1.807, 2.05) is 43.3 Å². The molecule has 14 heteroatoms. The average molecular weight is 703 g/mol. The van der Waals surface area contributed by atoms with Gasteiger partial charge in [0.2, 0.25) is 11.8 Å². The van der Waals surface area contributed by atoms with Crippen LogP contribution in [-0.4, -0.2) is 73.0 Å². The van der Waals surface area contributed by atoms with E-state index in [-0.39, 0.29) is 18.2 Å². The van der Waals surface area contributed by atoms with Gasteiger partial charge in [-0.2, -0.15) is 5.10 Å². The highest BCUT2D eigenvalue weighted by atomic mass is 19.3. The van der Waals surface area contributed by atoms with Crippen molar-refractivity contribution < 1.29 is 32.5 Å². The second-order valence-electron chi connectivity index (χ2n) is 13.1. The summed E-state index contributed by atoms with van der Waals surface area (Å²) >= 11 is 0. The number of carbonyl (C=O) groups excluding carboxylic acids is 1. The molecule has 11 nitrogen and oxygen atoms in total. The first-order chi connectivity index (χ1) is 24.3. The standard InChI is InChI=1S/C37H37F3N6O5/c1-24-14-18-43-44-30(24)13-16-35(50-2)15-12-28(29(20-35)25-6-4-3-5-7-25)33(47)45-19-17-36(49,37(39,40)22-45)21-46-23-42-32(31(41)34(46)48)51-27-10-8-26(38)9-11-27/h3-11,14,18,23,28-29,49H,12,15,17,19-22,41H2,1-2H3/t28-,29+,35+,36+/m1/s1. The fourth-order valence-corrected chi connectivity index (χ4v) is 6.74. The minimum atomic E-state index is -3.80. The largest absolute Gasteiger partial charge is 0.437 e. The number of nitrogens with zero attached hydrogens (tertiary/aromatic N) is 5. The molecule has 1 amide bonds. The summed E-state index contributed by atoms with van der Waals surface area (Å²) in [6, 6.07) is 16.1. The zero-order chi connectivity index (χ0) is 36.4. The number of halogens is 3. The van der Waals surface area contributed by atoms with E-state index in [1.165, 1.54) is 12.1 Å². The van der Waals surface area contributed by atoms with E-state index in [0.29, 0.717) is 25.0 Å². The van der Waals surface area contributed by atoms with Crippen LogP contribution in [-0.2, 0) is 16.1 Å². The molecule has 51 heavy (non-hydrogen) atoms. The second kappa shape index (κ2) is 14.2. The zero-order valence-corrected chi connectivity index (χ0v) is 28.1. The third-order valence-corrected chi connectivity index (χ3v) is 9.83. The number of piperidine rings is 1. The summed E-state index contributed by atoms with van der Waals surface area (Å²) in [7, 11) is 1.56. The van der Waals surface area contributed by atoms with Crippen LogP contribution in [0.3, 0.4) is 0 Å². The molecular weight excluding hydrogens is 665 g/mol. The van der Waals surface area contributed by atoms with Crippen molar-refractivity contribution >= 4 is 11.6 Å². The number of ether oxygens (including phenoxy) is 2. The molecule has 266 valence electrons. The number of likely N-dealkylation sites (tertiary alicyclic amines) is 1. The lowest BCUT2D eigenvalue weighted by atomic mass is 9.68. The number of nitrogen functional groups attached to an aromatic ring is 1. The number of anilines is 1. The predicted octanol–water partition coefficient (Wildman–Crippen LogP) is 4.47. The lowest BCUT2D eigenvalue weighted by molar-refractivity contribution is -0.223. The Bertz CT molecular complexity index is 2020. The van der Waals surface area contributed by atoms with Gasteiger partial charge in [0.15, 0.2) is 5.69 Å². The maximum Gasteiger partial charge on any atom is 0.295 e. The molecule has 6 rings (SSSR count). The number of hydrogen-bond acceptors (Lipinski definition) is 9. The molecule has 2 aliphatic rings. The van der Waals surface area contributed by atoms with Gasteiger partial charge >= 0.3 is 0 Å². The number of hydrogen-bond donors (Lipinski definition) is 2. The smallest absolute Gasteiger partial charge is 0.295 e. The second-order valence-corrected chi connectivity index (χ2v) is 13.1. The fraction of sp³-hybridized carbons (Fsp3) is 0.378. The van der Waals surface area contributed by atoms with Crippen molar-refractivity contribution in [3.05, 3.63) is 106 Å². The molecule has 3 N–H and O–H groups in total. The van der Waals surface area contributed by atoms with E-state index in [0.717, 1.165) is 39.1 Å². The first-order valence-corrected chi connectivity index (χ1v) is 16.4. The molecule has 4 aromatic rings. The van der Waals surface area contributed by atoms with E-state index in [2.05, 4.69) is 27.0 Å².